The highest BCUT2D eigenvalue weighted by atomic mass is 35.5. The first-order valence-corrected chi connectivity index (χ1v) is 9.00. The van der Waals surface area contributed by atoms with Crippen LogP contribution in [0.25, 0.3) is 0 Å². The number of halogens is 1. The number of nitrogens with zero attached hydrogens (tertiary/aromatic N) is 4. The fourth-order valence-corrected chi connectivity index (χ4v) is 7.60. The number of rotatable bonds is 1. The van der Waals surface area contributed by atoms with Crippen molar-refractivity contribution in [2.24, 2.45) is 10.8 Å². The zero-order valence-electron chi connectivity index (χ0n) is 11.8. The monoisotopic (exact) mass is 356 g/mol. The molecule has 3 rings (SSSR count). The lowest BCUT2D eigenvalue weighted by Crippen LogP contribution is -2.53. The van der Waals surface area contributed by atoms with Gasteiger partial charge in [-0.15, -0.1) is 23.5 Å². The number of thioether (sulfide) groups is 2. The molecule has 0 saturated carbocycles. The van der Waals surface area contributed by atoms with E-state index < -0.39 is 14.9 Å². The molecule has 0 spiro atoms. The summed E-state index contributed by atoms with van der Waals surface area (Å²) in [5, 5.41) is 39.8. The maximum Gasteiger partial charge on any atom is 0.203 e. The summed E-state index contributed by atoms with van der Waals surface area (Å²) in [6, 6.07) is 15.1. The van der Waals surface area contributed by atoms with Crippen molar-refractivity contribution in [1.82, 2.24) is 0 Å². The van der Waals surface area contributed by atoms with Crippen molar-refractivity contribution in [3.63, 3.8) is 0 Å². The lowest BCUT2D eigenvalue weighted by molar-refractivity contribution is 0.250. The second-order valence-corrected chi connectivity index (χ2v) is 8.92. The summed E-state index contributed by atoms with van der Waals surface area (Å²) in [5.41, 5.74) is -2.65. The van der Waals surface area contributed by atoms with Crippen LogP contribution in [0.1, 0.15) is 12.0 Å². The van der Waals surface area contributed by atoms with Crippen LogP contribution in [0.4, 0.5) is 0 Å². The Hall–Kier alpha value is -1.83. The quantitative estimate of drug-likeness (QED) is 0.759. The summed E-state index contributed by atoms with van der Waals surface area (Å²) < 4.78 is -0.963. The molecule has 2 aliphatic rings. The number of benzene rings is 1. The molecule has 1 aromatic rings. The van der Waals surface area contributed by atoms with E-state index in [1.54, 1.807) is 24.3 Å². The van der Waals surface area contributed by atoms with Crippen molar-refractivity contribution in [1.29, 1.82) is 21.0 Å². The van der Waals surface area contributed by atoms with Gasteiger partial charge >= 0.3 is 0 Å². The molecular formula is C16H9ClN4S2. The summed E-state index contributed by atoms with van der Waals surface area (Å²) in [5.74, 6) is 0.698. The van der Waals surface area contributed by atoms with Gasteiger partial charge in [-0.05, 0) is 24.1 Å². The van der Waals surface area contributed by atoms with Gasteiger partial charge in [-0.25, -0.2) is 0 Å². The van der Waals surface area contributed by atoms with E-state index in [-0.39, 0.29) is 11.7 Å². The number of fused-ring (bicyclic) bond motifs is 2. The van der Waals surface area contributed by atoms with Gasteiger partial charge in [0.25, 0.3) is 0 Å². The number of nitriles is 4. The molecule has 2 heterocycles. The summed E-state index contributed by atoms with van der Waals surface area (Å²) in [4.78, 5) is 0. The van der Waals surface area contributed by atoms with E-state index in [2.05, 4.69) is 12.1 Å². The number of hydrogen-bond acceptors (Lipinski definition) is 6. The minimum atomic E-state index is -1.75. The Morgan fingerprint density at radius 3 is 2.13 bits per heavy atom. The van der Waals surface area contributed by atoms with Gasteiger partial charge in [-0.3, -0.25) is 0 Å². The normalized spacial score (nSPS) is 29.5. The fraction of sp³-hybridized carbons (Fsp3) is 0.375. The maximum atomic E-state index is 9.91. The highest BCUT2D eigenvalue weighted by molar-refractivity contribution is 8.21. The van der Waals surface area contributed by atoms with Crippen LogP contribution in [0, 0.1) is 56.2 Å². The van der Waals surface area contributed by atoms with Gasteiger partial charge in [0.1, 0.15) is 4.08 Å². The molecular weight excluding hydrogens is 348 g/mol. The molecule has 2 aliphatic heterocycles. The van der Waals surface area contributed by atoms with Gasteiger partial charge in [0, 0.05) is 16.0 Å². The molecule has 0 aliphatic carbocycles. The highest BCUT2D eigenvalue weighted by Crippen LogP contribution is 2.73. The lowest BCUT2D eigenvalue weighted by Gasteiger charge is -2.47. The Labute approximate surface area is 147 Å². The summed E-state index contributed by atoms with van der Waals surface area (Å²) in [6.07, 6.45) is 0.230. The van der Waals surface area contributed by atoms with Crippen molar-refractivity contribution in [3.8, 4) is 24.3 Å². The SMILES string of the molecule is N#CC1(C#N)CC2CSC(c3ccc(Cl)cc3)(S2)C1(C#N)C#N. The third-order valence-corrected chi connectivity index (χ3v) is 8.58. The van der Waals surface area contributed by atoms with E-state index in [1.165, 1.54) is 23.5 Å². The molecule has 4 nitrogen and oxygen atoms in total. The average molecular weight is 357 g/mol. The highest BCUT2D eigenvalue weighted by Gasteiger charge is 2.74. The van der Waals surface area contributed by atoms with Crippen molar-refractivity contribution >= 4 is 35.1 Å². The van der Waals surface area contributed by atoms with Gasteiger partial charge in [0.05, 0.1) is 24.3 Å². The summed E-state index contributed by atoms with van der Waals surface area (Å²) in [6.45, 7) is 0. The Morgan fingerprint density at radius 2 is 1.61 bits per heavy atom. The fourth-order valence-electron chi connectivity index (χ4n) is 3.27. The van der Waals surface area contributed by atoms with Crippen LogP contribution in [0.3, 0.4) is 0 Å². The summed E-state index contributed by atoms with van der Waals surface area (Å²) >= 11 is 8.95. The van der Waals surface area contributed by atoms with Crippen LogP contribution in [0.15, 0.2) is 24.3 Å². The first-order valence-electron chi connectivity index (χ1n) is 6.76. The predicted octanol–water partition coefficient (Wildman–Crippen LogP) is 3.81. The zero-order valence-corrected chi connectivity index (χ0v) is 14.2. The minimum absolute atomic E-state index is 0.0600. The zero-order chi connectivity index (χ0) is 16.7. The van der Waals surface area contributed by atoms with Crippen LogP contribution in [0.5, 0.6) is 0 Å². The molecule has 7 heteroatoms. The first-order chi connectivity index (χ1) is 11.0. The van der Waals surface area contributed by atoms with Crippen LogP contribution in [0.2, 0.25) is 5.02 Å². The van der Waals surface area contributed by atoms with Gasteiger partial charge < -0.3 is 0 Å². The van der Waals surface area contributed by atoms with Gasteiger partial charge in [-0.1, -0.05) is 23.7 Å². The van der Waals surface area contributed by atoms with Crippen LogP contribution in [-0.4, -0.2) is 11.0 Å². The maximum absolute atomic E-state index is 9.91. The third-order valence-electron chi connectivity index (χ3n) is 4.41. The largest absolute Gasteiger partial charge is 0.203 e. The van der Waals surface area contributed by atoms with E-state index in [1.807, 2.05) is 12.1 Å². The molecule has 2 saturated heterocycles. The average Bonchev–Trinajstić information content (AvgIpc) is 2.96. The van der Waals surface area contributed by atoms with Gasteiger partial charge in [0.2, 0.25) is 5.41 Å². The Bertz CT molecular complexity index is 796. The molecule has 1 aromatic carbocycles. The van der Waals surface area contributed by atoms with E-state index in [0.717, 1.165) is 5.56 Å². The Kier molecular flexibility index (Phi) is 3.74. The van der Waals surface area contributed by atoms with Gasteiger partial charge in [-0.2, -0.15) is 21.0 Å². The molecule has 0 radical (unpaired) electrons. The van der Waals surface area contributed by atoms with Crippen molar-refractivity contribution in [2.75, 3.05) is 5.75 Å². The van der Waals surface area contributed by atoms with E-state index in [9.17, 15) is 21.0 Å². The molecule has 2 unspecified atom stereocenters. The van der Waals surface area contributed by atoms with Gasteiger partial charge in [0.15, 0.2) is 5.41 Å². The Morgan fingerprint density at radius 1 is 1.00 bits per heavy atom. The summed E-state index contributed by atoms with van der Waals surface area (Å²) in [7, 11) is 0. The topological polar surface area (TPSA) is 95.2 Å². The standard InChI is InChI=1S/C16H9ClN4S2/c17-12-3-1-11(2-4-12)16-15(9-20,10-21)14(7-18,8-19)5-13(23-16)6-22-16/h1-4,13H,5-6H2. The van der Waals surface area contributed by atoms with E-state index in [4.69, 9.17) is 11.6 Å². The van der Waals surface area contributed by atoms with E-state index >= 15 is 0 Å². The molecule has 0 N–H and O–H groups in total. The van der Waals surface area contributed by atoms with E-state index in [0.29, 0.717) is 10.8 Å². The number of hydrogen-bond donors (Lipinski definition) is 0. The first kappa shape index (κ1) is 16.0. The predicted molar refractivity (Wildman–Crippen MR) is 88.9 cm³/mol. The lowest BCUT2D eigenvalue weighted by atomic mass is 9.60. The molecule has 112 valence electrons. The smallest absolute Gasteiger partial charge is 0.196 e. The van der Waals surface area contributed by atoms with Crippen molar-refractivity contribution in [2.45, 2.75) is 15.7 Å². The van der Waals surface area contributed by atoms with Crippen molar-refractivity contribution in [3.05, 3.63) is 34.9 Å². The van der Waals surface area contributed by atoms with Crippen LogP contribution in [-0.2, 0) is 4.08 Å². The molecule has 2 atom stereocenters. The minimum Gasteiger partial charge on any atom is -0.196 e. The second kappa shape index (κ2) is 5.36. The third kappa shape index (κ3) is 1.84. The molecule has 2 bridgehead atoms. The molecule has 2 fully saturated rings. The molecule has 0 amide bonds. The molecule has 0 aromatic heterocycles. The van der Waals surface area contributed by atoms with Crippen LogP contribution < -0.4 is 0 Å². The van der Waals surface area contributed by atoms with Crippen molar-refractivity contribution < 1.29 is 0 Å². The second-order valence-electron chi connectivity index (χ2n) is 5.48. The van der Waals surface area contributed by atoms with Crippen LogP contribution >= 0.6 is 35.1 Å². The molecule has 23 heavy (non-hydrogen) atoms. The Balaban J connectivity index is 2.33.